The van der Waals surface area contributed by atoms with Gasteiger partial charge in [0.25, 0.3) is 5.91 Å². The van der Waals surface area contributed by atoms with Crippen molar-refractivity contribution in [1.29, 1.82) is 0 Å². The first kappa shape index (κ1) is 13.8. The molecule has 5 nitrogen and oxygen atoms in total. The van der Waals surface area contributed by atoms with Crippen molar-refractivity contribution in [3.63, 3.8) is 0 Å². The second kappa shape index (κ2) is 6.02. The molecule has 1 saturated heterocycles. The molecule has 19 heavy (non-hydrogen) atoms. The molecule has 0 atom stereocenters. The van der Waals surface area contributed by atoms with Gasteiger partial charge >= 0.3 is 0 Å². The molecule has 1 aliphatic rings. The number of amides is 1. The number of nitrogens with two attached hydrogens (primary N) is 1. The molecule has 2 rings (SSSR count). The lowest BCUT2D eigenvalue weighted by Gasteiger charge is -2.30. The molecular weight excluding hydrogens is 240 g/mol. The first-order chi connectivity index (χ1) is 9.08. The molecule has 2 heterocycles. The lowest BCUT2D eigenvalue weighted by Crippen LogP contribution is -2.43. The maximum atomic E-state index is 12.5. The van der Waals surface area contributed by atoms with Crippen LogP contribution >= 0.6 is 0 Å². The molecule has 1 aromatic rings. The molecular formula is C14H22N4O. The van der Waals surface area contributed by atoms with Gasteiger partial charge in [-0.1, -0.05) is 0 Å². The summed E-state index contributed by atoms with van der Waals surface area (Å²) in [7, 11) is 0. The van der Waals surface area contributed by atoms with E-state index in [1.165, 1.54) is 0 Å². The average molecular weight is 262 g/mol. The number of rotatable bonds is 3. The summed E-state index contributed by atoms with van der Waals surface area (Å²) in [6.45, 7) is 5.53. The number of nitrogens with one attached hydrogen (secondary N) is 1. The number of piperidine rings is 1. The lowest BCUT2D eigenvalue weighted by molar-refractivity contribution is 0.0715. The van der Waals surface area contributed by atoms with Gasteiger partial charge in [-0.3, -0.25) is 4.79 Å². The van der Waals surface area contributed by atoms with E-state index in [9.17, 15) is 4.79 Å². The number of hydrogen-bond donors (Lipinski definition) is 2. The highest BCUT2D eigenvalue weighted by Crippen LogP contribution is 2.18. The monoisotopic (exact) mass is 262 g/mol. The van der Waals surface area contributed by atoms with Crippen LogP contribution in [0.5, 0.6) is 0 Å². The molecule has 0 radical (unpaired) electrons. The third kappa shape index (κ3) is 3.44. The highest BCUT2D eigenvalue weighted by Gasteiger charge is 2.23. The lowest BCUT2D eigenvalue weighted by atomic mass is 10.1. The van der Waals surface area contributed by atoms with E-state index in [4.69, 9.17) is 5.73 Å². The van der Waals surface area contributed by atoms with Crippen LogP contribution in [0.3, 0.4) is 0 Å². The first-order valence-corrected chi connectivity index (χ1v) is 6.84. The fourth-order valence-corrected chi connectivity index (χ4v) is 2.24. The molecule has 0 spiro atoms. The predicted octanol–water partition coefficient (Wildman–Crippen LogP) is 1.47. The fraction of sp³-hybridized carbons (Fsp3) is 0.571. The Labute approximate surface area is 114 Å². The van der Waals surface area contributed by atoms with Crippen molar-refractivity contribution in [3.8, 4) is 0 Å². The van der Waals surface area contributed by atoms with E-state index in [0.717, 1.165) is 25.9 Å². The summed E-state index contributed by atoms with van der Waals surface area (Å²) in [4.78, 5) is 18.6. The zero-order valence-corrected chi connectivity index (χ0v) is 11.6. The molecule has 5 heteroatoms. The summed E-state index contributed by atoms with van der Waals surface area (Å²) in [5, 5.41) is 3.22. The van der Waals surface area contributed by atoms with Crippen LogP contribution in [0, 0.1) is 0 Å². The van der Waals surface area contributed by atoms with Gasteiger partial charge in [0.05, 0.1) is 5.56 Å². The molecule has 1 amide bonds. The van der Waals surface area contributed by atoms with E-state index in [1.54, 1.807) is 12.3 Å². The maximum absolute atomic E-state index is 12.5. The Morgan fingerprint density at radius 3 is 2.79 bits per heavy atom. The Hall–Kier alpha value is -1.62. The Kier molecular flexibility index (Phi) is 4.37. The van der Waals surface area contributed by atoms with Gasteiger partial charge < -0.3 is 16.0 Å². The molecule has 0 saturated carbocycles. The first-order valence-electron chi connectivity index (χ1n) is 6.84. The van der Waals surface area contributed by atoms with Gasteiger partial charge in [-0.05, 0) is 38.8 Å². The molecule has 3 N–H and O–H groups in total. The van der Waals surface area contributed by atoms with Crippen LogP contribution in [0.15, 0.2) is 18.3 Å². The minimum Gasteiger partial charge on any atom is -0.367 e. The molecule has 0 aromatic carbocycles. The van der Waals surface area contributed by atoms with Crippen molar-refractivity contribution in [1.82, 2.24) is 9.88 Å². The highest BCUT2D eigenvalue weighted by molar-refractivity contribution is 5.98. The molecule has 1 aliphatic heterocycles. The SMILES string of the molecule is CC(C)Nc1ncccc1C(=O)N1CCC(N)CC1. The van der Waals surface area contributed by atoms with E-state index in [0.29, 0.717) is 11.4 Å². The van der Waals surface area contributed by atoms with Crippen LogP contribution in [0.2, 0.25) is 0 Å². The Bertz CT molecular complexity index is 439. The Morgan fingerprint density at radius 1 is 1.47 bits per heavy atom. The molecule has 104 valence electrons. The summed E-state index contributed by atoms with van der Waals surface area (Å²) in [5.41, 5.74) is 6.51. The second-order valence-corrected chi connectivity index (χ2v) is 5.33. The number of likely N-dealkylation sites (tertiary alicyclic amines) is 1. The third-order valence-electron chi connectivity index (χ3n) is 3.29. The predicted molar refractivity (Wildman–Crippen MR) is 76.1 cm³/mol. The van der Waals surface area contributed by atoms with Crippen molar-refractivity contribution in [2.24, 2.45) is 5.73 Å². The van der Waals surface area contributed by atoms with Crippen molar-refractivity contribution < 1.29 is 4.79 Å². The van der Waals surface area contributed by atoms with E-state index >= 15 is 0 Å². The summed E-state index contributed by atoms with van der Waals surface area (Å²) in [6.07, 6.45) is 3.45. The number of nitrogens with zero attached hydrogens (tertiary/aromatic N) is 2. The normalized spacial score (nSPS) is 16.7. The molecule has 1 fully saturated rings. The van der Waals surface area contributed by atoms with Gasteiger partial charge in [-0.25, -0.2) is 4.98 Å². The van der Waals surface area contributed by atoms with Crippen molar-refractivity contribution in [2.45, 2.75) is 38.8 Å². The summed E-state index contributed by atoms with van der Waals surface area (Å²) in [5.74, 6) is 0.709. The summed E-state index contributed by atoms with van der Waals surface area (Å²) in [6, 6.07) is 4.10. The quantitative estimate of drug-likeness (QED) is 0.865. The number of hydrogen-bond acceptors (Lipinski definition) is 4. The zero-order valence-electron chi connectivity index (χ0n) is 11.6. The van der Waals surface area contributed by atoms with Crippen LogP contribution in [-0.4, -0.2) is 41.0 Å². The minimum atomic E-state index is 0.0446. The molecule has 1 aromatic heterocycles. The number of anilines is 1. The van der Waals surface area contributed by atoms with Gasteiger partial charge in [0.1, 0.15) is 5.82 Å². The van der Waals surface area contributed by atoms with Crippen LogP contribution in [0.4, 0.5) is 5.82 Å². The number of carbonyl (C=O) groups excluding carboxylic acids is 1. The minimum absolute atomic E-state index is 0.0446. The van der Waals surface area contributed by atoms with E-state index in [-0.39, 0.29) is 18.0 Å². The largest absolute Gasteiger partial charge is 0.367 e. The molecule has 0 unspecified atom stereocenters. The van der Waals surface area contributed by atoms with Gasteiger partial charge in [-0.15, -0.1) is 0 Å². The number of aromatic nitrogens is 1. The van der Waals surface area contributed by atoms with Crippen LogP contribution in [0.25, 0.3) is 0 Å². The summed E-state index contributed by atoms with van der Waals surface area (Å²) >= 11 is 0. The van der Waals surface area contributed by atoms with Crippen molar-refractivity contribution in [3.05, 3.63) is 23.9 Å². The van der Waals surface area contributed by atoms with Gasteiger partial charge in [0, 0.05) is 31.4 Å². The maximum Gasteiger partial charge on any atom is 0.257 e. The Morgan fingerprint density at radius 2 is 2.16 bits per heavy atom. The van der Waals surface area contributed by atoms with Crippen LogP contribution < -0.4 is 11.1 Å². The highest BCUT2D eigenvalue weighted by atomic mass is 16.2. The van der Waals surface area contributed by atoms with Crippen molar-refractivity contribution >= 4 is 11.7 Å². The van der Waals surface area contributed by atoms with Crippen LogP contribution in [-0.2, 0) is 0 Å². The zero-order chi connectivity index (χ0) is 13.8. The molecule has 0 aliphatic carbocycles. The van der Waals surface area contributed by atoms with E-state index < -0.39 is 0 Å². The Balaban J connectivity index is 2.14. The van der Waals surface area contributed by atoms with E-state index in [2.05, 4.69) is 10.3 Å². The standard InChI is InChI=1S/C14H22N4O/c1-10(2)17-13-12(4-3-7-16-13)14(19)18-8-5-11(15)6-9-18/h3-4,7,10-11H,5-6,8-9,15H2,1-2H3,(H,16,17). The third-order valence-corrected chi connectivity index (χ3v) is 3.29. The van der Waals surface area contributed by atoms with E-state index in [1.807, 2.05) is 24.8 Å². The second-order valence-electron chi connectivity index (χ2n) is 5.33. The average Bonchev–Trinajstić information content (AvgIpc) is 2.39. The smallest absolute Gasteiger partial charge is 0.257 e. The topological polar surface area (TPSA) is 71.2 Å². The fourth-order valence-electron chi connectivity index (χ4n) is 2.24. The number of pyridine rings is 1. The number of carbonyl (C=O) groups is 1. The van der Waals surface area contributed by atoms with Crippen molar-refractivity contribution in [2.75, 3.05) is 18.4 Å². The van der Waals surface area contributed by atoms with Gasteiger partial charge in [-0.2, -0.15) is 0 Å². The molecule has 0 bridgehead atoms. The summed E-state index contributed by atoms with van der Waals surface area (Å²) < 4.78 is 0. The van der Waals surface area contributed by atoms with Crippen LogP contribution in [0.1, 0.15) is 37.0 Å². The van der Waals surface area contributed by atoms with Gasteiger partial charge in [0.15, 0.2) is 0 Å². The van der Waals surface area contributed by atoms with Gasteiger partial charge in [0.2, 0.25) is 0 Å².